The van der Waals surface area contributed by atoms with Crippen molar-refractivity contribution in [2.24, 2.45) is 10.7 Å². The number of aryl methyl sites for hydroxylation is 1. The molecule has 0 aliphatic carbocycles. The zero-order valence-electron chi connectivity index (χ0n) is 15.4. The van der Waals surface area contributed by atoms with Crippen LogP contribution in [0.3, 0.4) is 0 Å². The van der Waals surface area contributed by atoms with Crippen molar-refractivity contribution in [2.75, 3.05) is 0 Å². The minimum absolute atomic E-state index is 0.0304. The normalized spacial score (nSPS) is 21.9. The van der Waals surface area contributed by atoms with E-state index in [0.29, 0.717) is 5.56 Å². The van der Waals surface area contributed by atoms with E-state index < -0.39 is 41.9 Å². The number of ether oxygens (including phenoxy) is 1. The highest BCUT2D eigenvalue weighted by molar-refractivity contribution is 5.74. The zero-order valence-corrected chi connectivity index (χ0v) is 15.4. The Hall–Kier alpha value is -3.15. The maximum Gasteiger partial charge on any atom is 0.425 e. The summed E-state index contributed by atoms with van der Waals surface area (Å²) in [6.45, 7) is 2.84. The molecule has 0 spiro atoms. The number of nitrogens with two attached hydrogens (primary N) is 1. The van der Waals surface area contributed by atoms with Crippen molar-refractivity contribution in [1.29, 1.82) is 5.26 Å². The molecule has 1 aliphatic rings. The molecule has 0 unspecified atom stereocenters. The fourth-order valence-corrected chi connectivity index (χ4v) is 3.42. The van der Waals surface area contributed by atoms with E-state index >= 15 is 0 Å². The maximum atomic E-state index is 14.8. The molecule has 0 amide bonds. The number of hydrogen-bond acceptors (Lipinski definition) is 4. The Balaban J connectivity index is 2.19. The third kappa shape index (κ3) is 3.75. The first-order chi connectivity index (χ1) is 13.5. The van der Waals surface area contributed by atoms with Gasteiger partial charge in [-0.3, -0.25) is 0 Å². The van der Waals surface area contributed by atoms with Gasteiger partial charge in [0.15, 0.2) is 6.10 Å². The molecule has 2 aromatic rings. The summed E-state index contributed by atoms with van der Waals surface area (Å²) in [7, 11) is 0. The van der Waals surface area contributed by atoms with Gasteiger partial charge in [0.25, 0.3) is 6.02 Å². The second kappa shape index (κ2) is 7.03. The van der Waals surface area contributed by atoms with Crippen LogP contribution in [0.1, 0.15) is 30.0 Å². The monoisotopic (exact) mass is 409 g/mol. The number of aliphatic imine (C=N–C) groups is 1. The predicted molar refractivity (Wildman–Crippen MR) is 95.8 cm³/mol. The number of nitrogens with zero attached hydrogens (tertiary/aromatic N) is 2. The number of amidine groups is 1. The number of hydrogen-bond donors (Lipinski definition) is 1. The van der Waals surface area contributed by atoms with Gasteiger partial charge in [0.1, 0.15) is 17.7 Å². The molecule has 0 aromatic heterocycles. The minimum atomic E-state index is -4.72. The predicted octanol–water partition coefficient (Wildman–Crippen LogP) is 4.69. The Kier molecular flexibility index (Phi) is 4.99. The molecule has 0 fully saturated rings. The van der Waals surface area contributed by atoms with Crippen LogP contribution in [0.4, 0.5) is 22.0 Å². The average Bonchev–Trinajstić information content (AvgIpc) is 2.61. The second-order valence-corrected chi connectivity index (χ2v) is 7.00. The number of rotatable bonds is 2. The van der Waals surface area contributed by atoms with E-state index in [1.165, 1.54) is 38.1 Å². The molecule has 4 nitrogen and oxygen atoms in total. The highest BCUT2D eigenvalue weighted by atomic mass is 19.4. The van der Waals surface area contributed by atoms with Gasteiger partial charge in [0.2, 0.25) is 0 Å². The molecule has 0 radical (unpaired) electrons. The van der Waals surface area contributed by atoms with E-state index in [0.717, 1.165) is 6.07 Å². The molecule has 29 heavy (non-hydrogen) atoms. The van der Waals surface area contributed by atoms with Crippen LogP contribution in [-0.2, 0) is 10.3 Å². The van der Waals surface area contributed by atoms with Crippen LogP contribution in [0, 0.1) is 29.9 Å². The first-order valence-electron chi connectivity index (χ1n) is 8.54. The van der Waals surface area contributed by atoms with Gasteiger partial charge in [-0.1, -0.05) is 12.1 Å². The Labute approximate surface area is 163 Å². The third-order valence-electron chi connectivity index (χ3n) is 4.87. The smallest absolute Gasteiger partial charge is 0.425 e. The third-order valence-corrected chi connectivity index (χ3v) is 4.87. The molecular weight excluding hydrogens is 393 g/mol. The quantitative estimate of drug-likeness (QED) is 0.732. The maximum absolute atomic E-state index is 14.8. The molecule has 2 N–H and O–H groups in total. The van der Waals surface area contributed by atoms with Gasteiger partial charge < -0.3 is 10.5 Å². The molecular formula is C20H16F5N3O. The molecule has 1 aliphatic heterocycles. The van der Waals surface area contributed by atoms with Crippen LogP contribution in [0.5, 0.6) is 0 Å². The van der Waals surface area contributed by atoms with E-state index in [1.807, 2.05) is 0 Å². The topological polar surface area (TPSA) is 71.4 Å². The van der Waals surface area contributed by atoms with Gasteiger partial charge in [0, 0.05) is 17.5 Å². The first-order valence-corrected chi connectivity index (χ1v) is 8.54. The van der Waals surface area contributed by atoms with E-state index in [1.54, 1.807) is 6.07 Å². The summed E-state index contributed by atoms with van der Waals surface area (Å²) < 4.78 is 73.7. The summed E-state index contributed by atoms with van der Waals surface area (Å²) in [6, 6.07) is 7.52. The highest BCUT2D eigenvalue weighted by Crippen LogP contribution is 2.42. The summed E-state index contributed by atoms with van der Waals surface area (Å²) in [5.41, 5.74) is 3.98. The minimum Gasteiger partial charge on any atom is -0.452 e. The van der Waals surface area contributed by atoms with Crippen LogP contribution in [-0.4, -0.2) is 18.3 Å². The SMILES string of the molecule is Cc1cc(F)c([C@@]2(C)C[C@@H](C(F)(F)F)OC(N)=N2)cc1-c1cccc(C#N)c1F. The molecule has 1 heterocycles. The van der Waals surface area contributed by atoms with E-state index in [-0.39, 0.29) is 22.3 Å². The van der Waals surface area contributed by atoms with Crippen molar-refractivity contribution in [3.63, 3.8) is 0 Å². The van der Waals surface area contributed by atoms with Crippen molar-refractivity contribution >= 4 is 6.02 Å². The summed E-state index contributed by atoms with van der Waals surface area (Å²) in [6.07, 6.45) is -7.68. The van der Waals surface area contributed by atoms with Crippen LogP contribution < -0.4 is 5.73 Å². The van der Waals surface area contributed by atoms with Crippen LogP contribution in [0.2, 0.25) is 0 Å². The van der Waals surface area contributed by atoms with Crippen molar-refractivity contribution < 1.29 is 26.7 Å². The zero-order chi connectivity index (χ0) is 21.6. The lowest BCUT2D eigenvalue weighted by molar-refractivity contribution is -0.208. The van der Waals surface area contributed by atoms with Crippen molar-refractivity contribution in [1.82, 2.24) is 0 Å². The number of alkyl halides is 3. The van der Waals surface area contributed by atoms with Gasteiger partial charge in [-0.25, -0.2) is 13.8 Å². The van der Waals surface area contributed by atoms with Crippen molar-refractivity contribution in [3.8, 4) is 17.2 Å². The highest BCUT2D eigenvalue weighted by Gasteiger charge is 2.50. The summed E-state index contributed by atoms with van der Waals surface area (Å²) >= 11 is 0. The average molecular weight is 409 g/mol. The lowest BCUT2D eigenvalue weighted by atomic mass is 9.83. The molecule has 0 bridgehead atoms. The number of benzene rings is 2. The Morgan fingerprint density at radius 2 is 1.93 bits per heavy atom. The fourth-order valence-electron chi connectivity index (χ4n) is 3.42. The molecule has 2 atom stereocenters. The Morgan fingerprint density at radius 3 is 2.55 bits per heavy atom. The molecule has 0 saturated heterocycles. The van der Waals surface area contributed by atoms with Gasteiger partial charge in [-0.2, -0.15) is 18.4 Å². The molecule has 0 saturated carbocycles. The van der Waals surface area contributed by atoms with Crippen molar-refractivity contribution in [3.05, 3.63) is 58.7 Å². The molecule has 3 rings (SSSR count). The summed E-state index contributed by atoms with van der Waals surface area (Å²) in [5.74, 6) is -1.60. The number of halogens is 5. The van der Waals surface area contributed by atoms with E-state index in [2.05, 4.69) is 9.73 Å². The fraction of sp³-hybridized carbons (Fsp3) is 0.300. The number of nitriles is 1. The largest absolute Gasteiger partial charge is 0.452 e. The van der Waals surface area contributed by atoms with E-state index in [9.17, 15) is 22.0 Å². The lowest BCUT2D eigenvalue weighted by Gasteiger charge is -2.36. The molecule has 2 aromatic carbocycles. The van der Waals surface area contributed by atoms with E-state index in [4.69, 9.17) is 11.0 Å². The summed E-state index contributed by atoms with van der Waals surface area (Å²) in [5, 5.41) is 9.04. The second-order valence-electron chi connectivity index (χ2n) is 7.00. The van der Waals surface area contributed by atoms with Crippen LogP contribution in [0.15, 0.2) is 35.3 Å². The Morgan fingerprint density at radius 1 is 1.24 bits per heavy atom. The van der Waals surface area contributed by atoms with Gasteiger partial charge in [-0.05, 0) is 43.2 Å². The van der Waals surface area contributed by atoms with Crippen LogP contribution in [0.25, 0.3) is 11.1 Å². The Bertz CT molecular complexity index is 1040. The van der Waals surface area contributed by atoms with Gasteiger partial charge in [-0.15, -0.1) is 0 Å². The summed E-state index contributed by atoms with van der Waals surface area (Å²) in [4.78, 5) is 3.92. The van der Waals surface area contributed by atoms with Crippen LogP contribution >= 0.6 is 0 Å². The first kappa shape index (κ1) is 20.6. The van der Waals surface area contributed by atoms with Crippen molar-refractivity contribution in [2.45, 2.75) is 38.1 Å². The van der Waals surface area contributed by atoms with Gasteiger partial charge in [0.05, 0.1) is 11.1 Å². The van der Waals surface area contributed by atoms with Gasteiger partial charge >= 0.3 is 6.18 Å². The lowest BCUT2D eigenvalue weighted by Crippen LogP contribution is -2.46. The molecule has 152 valence electrons. The molecule has 9 heteroatoms. The standard InChI is InChI=1S/C20H16F5N3O/c1-10-6-15(21)14(7-13(10)12-5-3-4-11(9-26)17(12)22)19(2)8-16(20(23,24)25)29-18(27)28-19/h3-7,16H,8H2,1-2H3,(H2,27,28)/t16-,19+/m0/s1.